The highest BCUT2D eigenvalue weighted by molar-refractivity contribution is 7.10. The van der Waals surface area contributed by atoms with E-state index in [4.69, 9.17) is 16.3 Å². The van der Waals surface area contributed by atoms with Crippen LogP contribution in [0.2, 0.25) is 5.02 Å². The van der Waals surface area contributed by atoms with E-state index in [1.807, 2.05) is 0 Å². The first kappa shape index (κ1) is 14.4. The normalized spacial score (nSPS) is 17.1. The lowest BCUT2D eigenvalue weighted by molar-refractivity contribution is 0.0930. The quantitative estimate of drug-likeness (QED) is 0.919. The van der Waals surface area contributed by atoms with Gasteiger partial charge in [0.15, 0.2) is 0 Å². The second-order valence-electron chi connectivity index (χ2n) is 5.06. The molecule has 1 atom stereocenters. The molecule has 0 saturated carbocycles. The molecule has 110 valence electrons. The van der Waals surface area contributed by atoms with E-state index < -0.39 is 0 Å². The number of fused-ring (bicyclic) bond motifs is 1. The molecule has 0 spiro atoms. The molecule has 0 bridgehead atoms. The summed E-state index contributed by atoms with van der Waals surface area (Å²) in [7, 11) is 1.54. The number of aryl methyl sites for hydroxylation is 1. The zero-order chi connectivity index (χ0) is 14.8. The van der Waals surface area contributed by atoms with Gasteiger partial charge in [-0.15, -0.1) is 11.3 Å². The van der Waals surface area contributed by atoms with Gasteiger partial charge in [-0.1, -0.05) is 11.6 Å². The first-order valence-corrected chi connectivity index (χ1v) is 8.15. The number of rotatable bonds is 3. The summed E-state index contributed by atoms with van der Waals surface area (Å²) < 4.78 is 5.25. The van der Waals surface area contributed by atoms with Crippen molar-refractivity contribution in [1.82, 2.24) is 5.32 Å². The Labute approximate surface area is 132 Å². The predicted octanol–water partition coefficient (Wildman–Crippen LogP) is 4.22. The molecule has 0 saturated heterocycles. The molecule has 1 aromatic carbocycles. The lowest BCUT2D eigenvalue weighted by atomic mass is 9.94. The van der Waals surface area contributed by atoms with Crippen molar-refractivity contribution in [3.8, 4) is 5.75 Å². The van der Waals surface area contributed by atoms with E-state index in [-0.39, 0.29) is 11.9 Å². The molecule has 1 aliphatic rings. The highest BCUT2D eigenvalue weighted by atomic mass is 35.5. The summed E-state index contributed by atoms with van der Waals surface area (Å²) in [5, 5.41) is 5.77. The number of hydrogen-bond acceptors (Lipinski definition) is 3. The van der Waals surface area contributed by atoms with Gasteiger partial charge >= 0.3 is 0 Å². The van der Waals surface area contributed by atoms with Gasteiger partial charge in [0, 0.05) is 9.90 Å². The molecule has 1 amide bonds. The first-order chi connectivity index (χ1) is 10.2. The van der Waals surface area contributed by atoms with E-state index in [9.17, 15) is 4.79 Å². The van der Waals surface area contributed by atoms with Crippen LogP contribution in [0.3, 0.4) is 0 Å². The van der Waals surface area contributed by atoms with Crippen LogP contribution in [0.1, 0.15) is 39.7 Å². The number of thiophene rings is 1. The fourth-order valence-corrected chi connectivity index (χ4v) is 3.87. The number of carbonyl (C=O) groups excluding carboxylic acids is 1. The minimum atomic E-state index is -0.118. The van der Waals surface area contributed by atoms with Crippen LogP contribution < -0.4 is 10.1 Å². The van der Waals surface area contributed by atoms with Crippen molar-refractivity contribution in [3.05, 3.63) is 50.7 Å². The summed E-state index contributed by atoms with van der Waals surface area (Å²) in [5.41, 5.74) is 1.77. The lowest BCUT2D eigenvalue weighted by Gasteiger charge is -2.24. The highest BCUT2D eigenvalue weighted by Gasteiger charge is 2.24. The molecular formula is C16H16ClNO2S. The van der Waals surface area contributed by atoms with Crippen LogP contribution in [-0.2, 0) is 6.42 Å². The fourth-order valence-electron chi connectivity index (χ4n) is 2.72. The average molecular weight is 322 g/mol. The van der Waals surface area contributed by atoms with Gasteiger partial charge in [-0.05, 0) is 54.5 Å². The maximum atomic E-state index is 12.5. The predicted molar refractivity (Wildman–Crippen MR) is 85.5 cm³/mol. The molecule has 3 nitrogen and oxygen atoms in total. The summed E-state index contributed by atoms with van der Waals surface area (Å²) >= 11 is 7.70. The average Bonchev–Trinajstić information content (AvgIpc) is 2.96. The number of nitrogens with one attached hydrogen (secondary N) is 1. The zero-order valence-corrected chi connectivity index (χ0v) is 13.3. The van der Waals surface area contributed by atoms with Crippen molar-refractivity contribution in [2.24, 2.45) is 0 Å². The van der Waals surface area contributed by atoms with Gasteiger partial charge in [-0.25, -0.2) is 0 Å². The van der Waals surface area contributed by atoms with Crippen molar-refractivity contribution >= 4 is 28.8 Å². The molecule has 5 heteroatoms. The molecule has 0 aliphatic heterocycles. The first-order valence-electron chi connectivity index (χ1n) is 6.89. The van der Waals surface area contributed by atoms with Gasteiger partial charge in [-0.2, -0.15) is 0 Å². The molecule has 1 N–H and O–H groups in total. The van der Waals surface area contributed by atoms with E-state index in [1.165, 1.54) is 10.4 Å². The SMILES string of the molecule is COc1cc(Cl)ccc1C(=O)N[C@H]1CCCc2sccc21. The maximum Gasteiger partial charge on any atom is 0.255 e. The van der Waals surface area contributed by atoms with Crippen molar-refractivity contribution in [3.63, 3.8) is 0 Å². The summed E-state index contributed by atoms with van der Waals surface area (Å²) in [4.78, 5) is 13.9. The molecule has 2 aromatic rings. The number of ether oxygens (including phenoxy) is 1. The van der Waals surface area contributed by atoms with E-state index in [0.29, 0.717) is 16.3 Å². The van der Waals surface area contributed by atoms with E-state index >= 15 is 0 Å². The Hall–Kier alpha value is -1.52. The van der Waals surface area contributed by atoms with E-state index in [0.717, 1.165) is 19.3 Å². The van der Waals surface area contributed by atoms with Crippen LogP contribution in [0.5, 0.6) is 5.75 Å². The topological polar surface area (TPSA) is 38.3 Å². The minimum Gasteiger partial charge on any atom is -0.496 e. The number of halogens is 1. The summed E-state index contributed by atoms with van der Waals surface area (Å²) in [6.07, 6.45) is 3.20. The summed E-state index contributed by atoms with van der Waals surface area (Å²) in [5.74, 6) is 0.383. The van der Waals surface area contributed by atoms with Crippen molar-refractivity contribution in [1.29, 1.82) is 0 Å². The van der Waals surface area contributed by atoms with Gasteiger partial charge in [0.2, 0.25) is 0 Å². The summed E-state index contributed by atoms with van der Waals surface area (Å²) in [6, 6.07) is 7.27. The van der Waals surface area contributed by atoms with E-state index in [1.54, 1.807) is 36.6 Å². The Morgan fingerprint density at radius 2 is 2.29 bits per heavy atom. The highest BCUT2D eigenvalue weighted by Crippen LogP contribution is 2.34. The third kappa shape index (κ3) is 2.92. The fraction of sp³-hybridized carbons (Fsp3) is 0.312. The molecule has 3 rings (SSSR count). The number of amides is 1. The minimum absolute atomic E-state index is 0.0906. The zero-order valence-electron chi connectivity index (χ0n) is 11.7. The van der Waals surface area contributed by atoms with Crippen LogP contribution in [0.4, 0.5) is 0 Å². The van der Waals surface area contributed by atoms with Crippen LogP contribution >= 0.6 is 22.9 Å². The van der Waals surface area contributed by atoms with Gasteiger partial charge in [0.1, 0.15) is 5.75 Å². The largest absolute Gasteiger partial charge is 0.496 e. The smallest absolute Gasteiger partial charge is 0.255 e. The third-order valence-electron chi connectivity index (χ3n) is 3.77. The van der Waals surface area contributed by atoms with Crippen LogP contribution in [0, 0.1) is 0 Å². The van der Waals surface area contributed by atoms with Crippen LogP contribution in [0.15, 0.2) is 29.6 Å². The van der Waals surface area contributed by atoms with Crippen molar-refractivity contribution in [2.45, 2.75) is 25.3 Å². The molecular weight excluding hydrogens is 306 g/mol. The molecule has 1 aliphatic carbocycles. The third-order valence-corrected chi connectivity index (χ3v) is 5.00. The monoisotopic (exact) mass is 321 g/mol. The molecule has 1 heterocycles. The lowest BCUT2D eigenvalue weighted by Crippen LogP contribution is -2.30. The van der Waals surface area contributed by atoms with Gasteiger partial charge < -0.3 is 10.1 Å². The standard InChI is InChI=1S/C16H16ClNO2S/c1-20-14-9-10(17)5-6-12(14)16(19)18-13-3-2-4-15-11(13)7-8-21-15/h5-9,13H,2-4H2,1H3,(H,18,19)/t13-/m0/s1. The Morgan fingerprint density at radius 3 is 3.10 bits per heavy atom. The molecule has 0 fully saturated rings. The molecule has 21 heavy (non-hydrogen) atoms. The summed E-state index contributed by atoms with van der Waals surface area (Å²) in [6.45, 7) is 0. The van der Waals surface area contributed by atoms with Gasteiger partial charge in [-0.3, -0.25) is 4.79 Å². The second kappa shape index (κ2) is 6.08. The number of methoxy groups -OCH3 is 1. The number of benzene rings is 1. The Bertz CT molecular complexity index is 668. The maximum absolute atomic E-state index is 12.5. The Balaban J connectivity index is 1.82. The Kier molecular flexibility index (Phi) is 4.17. The van der Waals surface area contributed by atoms with Crippen molar-refractivity contribution in [2.75, 3.05) is 7.11 Å². The number of carbonyl (C=O) groups is 1. The van der Waals surface area contributed by atoms with Crippen LogP contribution in [0.25, 0.3) is 0 Å². The van der Waals surface area contributed by atoms with Gasteiger partial charge in [0.25, 0.3) is 5.91 Å². The number of hydrogen-bond donors (Lipinski definition) is 1. The van der Waals surface area contributed by atoms with Gasteiger partial charge in [0.05, 0.1) is 18.7 Å². The van der Waals surface area contributed by atoms with Crippen molar-refractivity contribution < 1.29 is 9.53 Å². The van der Waals surface area contributed by atoms with E-state index in [2.05, 4.69) is 16.8 Å². The molecule has 0 unspecified atom stereocenters. The van der Waals surface area contributed by atoms with Crippen LogP contribution in [-0.4, -0.2) is 13.0 Å². The molecule has 1 aromatic heterocycles. The molecule has 0 radical (unpaired) electrons. The Morgan fingerprint density at radius 1 is 1.43 bits per heavy atom. The second-order valence-corrected chi connectivity index (χ2v) is 6.50.